The Morgan fingerprint density at radius 1 is 1.30 bits per heavy atom. The number of rotatable bonds is 2. The molecule has 2 aromatic rings. The van der Waals surface area contributed by atoms with Gasteiger partial charge in [-0.15, -0.1) is 0 Å². The minimum absolute atomic E-state index is 0.119. The van der Waals surface area contributed by atoms with Crippen LogP contribution < -0.4 is 10.6 Å². The van der Waals surface area contributed by atoms with Gasteiger partial charge in [-0.1, -0.05) is 23.7 Å². The van der Waals surface area contributed by atoms with E-state index in [0.29, 0.717) is 10.6 Å². The van der Waals surface area contributed by atoms with E-state index in [1.54, 1.807) is 0 Å². The number of fused-ring (bicyclic) bond motifs is 1. The molecule has 0 bridgehead atoms. The van der Waals surface area contributed by atoms with E-state index in [4.69, 9.17) is 11.6 Å². The maximum atomic E-state index is 12.3. The molecule has 0 radical (unpaired) electrons. The third kappa shape index (κ3) is 2.37. The number of amides is 1. The van der Waals surface area contributed by atoms with Crippen LogP contribution >= 0.6 is 11.6 Å². The van der Waals surface area contributed by atoms with Gasteiger partial charge in [0.25, 0.3) is 5.91 Å². The van der Waals surface area contributed by atoms with Crippen LogP contribution in [-0.2, 0) is 6.42 Å². The Morgan fingerprint density at radius 2 is 2.15 bits per heavy atom. The maximum Gasteiger partial charge on any atom is 0.255 e. The van der Waals surface area contributed by atoms with Crippen LogP contribution in [0.25, 0.3) is 0 Å². The average molecular weight is 287 g/mol. The second kappa shape index (κ2) is 5.17. The minimum atomic E-state index is -0.119. The SMILES string of the molecule is Cc1c(Cl)cccc1NC(=O)c1ccc2c(c1)NCC2. The first-order valence-corrected chi connectivity index (χ1v) is 6.96. The minimum Gasteiger partial charge on any atom is -0.384 e. The lowest BCUT2D eigenvalue weighted by atomic mass is 10.1. The number of halogens is 1. The van der Waals surface area contributed by atoms with Crippen molar-refractivity contribution in [2.45, 2.75) is 13.3 Å². The van der Waals surface area contributed by atoms with Crippen LogP contribution in [-0.4, -0.2) is 12.5 Å². The lowest BCUT2D eigenvalue weighted by Gasteiger charge is -2.10. The number of carbonyl (C=O) groups excluding carboxylic acids is 1. The van der Waals surface area contributed by atoms with Crippen LogP contribution in [0.2, 0.25) is 5.02 Å². The summed E-state index contributed by atoms with van der Waals surface area (Å²) in [4.78, 5) is 12.3. The zero-order chi connectivity index (χ0) is 14.1. The molecule has 0 saturated carbocycles. The Balaban J connectivity index is 1.84. The van der Waals surface area contributed by atoms with Crippen LogP contribution in [0.1, 0.15) is 21.5 Å². The molecule has 4 heteroatoms. The van der Waals surface area contributed by atoms with E-state index in [2.05, 4.69) is 10.6 Å². The van der Waals surface area contributed by atoms with Gasteiger partial charge in [0.15, 0.2) is 0 Å². The molecule has 0 fully saturated rings. The van der Waals surface area contributed by atoms with E-state index in [1.165, 1.54) is 5.56 Å². The van der Waals surface area contributed by atoms with Crippen LogP contribution in [0, 0.1) is 6.92 Å². The smallest absolute Gasteiger partial charge is 0.255 e. The van der Waals surface area contributed by atoms with Crippen molar-refractivity contribution in [3.63, 3.8) is 0 Å². The van der Waals surface area contributed by atoms with Crippen molar-refractivity contribution in [3.05, 3.63) is 58.1 Å². The van der Waals surface area contributed by atoms with Gasteiger partial charge in [-0.05, 0) is 48.7 Å². The molecule has 2 aromatic carbocycles. The van der Waals surface area contributed by atoms with Gasteiger partial charge >= 0.3 is 0 Å². The van der Waals surface area contributed by atoms with Gasteiger partial charge in [-0.2, -0.15) is 0 Å². The number of anilines is 2. The summed E-state index contributed by atoms with van der Waals surface area (Å²) in [6.45, 7) is 2.83. The Labute approximate surface area is 123 Å². The van der Waals surface area contributed by atoms with Gasteiger partial charge < -0.3 is 10.6 Å². The van der Waals surface area contributed by atoms with Crippen molar-refractivity contribution in [2.75, 3.05) is 17.2 Å². The lowest BCUT2D eigenvalue weighted by molar-refractivity contribution is 0.102. The Kier molecular flexibility index (Phi) is 3.36. The highest BCUT2D eigenvalue weighted by atomic mass is 35.5. The van der Waals surface area contributed by atoms with E-state index in [9.17, 15) is 4.79 Å². The molecule has 3 nitrogen and oxygen atoms in total. The van der Waals surface area contributed by atoms with Crippen molar-refractivity contribution < 1.29 is 4.79 Å². The highest BCUT2D eigenvalue weighted by molar-refractivity contribution is 6.31. The van der Waals surface area contributed by atoms with Crippen molar-refractivity contribution >= 4 is 28.9 Å². The van der Waals surface area contributed by atoms with Crippen LogP contribution in [0.15, 0.2) is 36.4 Å². The fourth-order valence-corrected chi connectivity index (χ4v) is 2.54. The molecular formula is C16H15ClN2O. The summed E-state index contributed by atoms with van der Waals surface area (Å²) in [5.41, 5.74) is 4.59. The molecule has 1 heterocycles. The molecule has 0 aliphatic carbocycles. The standard InChI is InChI=1S/C16H15ClN2O/c1-10-13(17)3-2-4-14(10)19-16(20)12-6-5-11-7-8-18-15(11)9-12/h2-6,9,18H,7-8H2,1H3,(H,19,20). The van der Waals surface area contributed by atoms with Gasteiger partial charge in [0.1, 0.15) is 0 Å². The molecule has 1 amide bonds. The van der Waals surface area contributed by atoms with Gasteiger partial charge in [-0.3, -0.25) is 4.79 Å². The summed E-state index contributed by atoms with van der Waals surface area (Å²) in [5, 5.41) is 6.84. The molecule has 20 heavy (non-hydrogen) atoms. The first-order valence-electron chi connectivity index (χ1n) is 6.58. The summed E-state index contributed by atoms with van der Waals surface area (Å²) >= 11 is 6.06. The van der Waals surface area contributed by atoms with Crippen LogP contribution in [0.5, 0.6) is 0 Å². The third-order valence-electron chi connectivity index (χ3n) is 3.60. The summed E-state index contributed by atoms with van der Waals surface area (Å²) in [6.07, 6.45) is 1.02. The molecule has 0 spiro atoms. The normalized spacial score (nSPS) is 12.7. The molecule has 3 rings (SSSR count). The van der Waals surface area contributed by atoms with Gasteiger partial charge in [-0.25, -0.2) is 0 Å². The van der Waals surface area contributed by atoms with Crippen LogP contribution in [0.4, 0.5) is 11.4 Å². The number of benzene rings is 2. The summed E-state index contributed by atoms with van der Waals surface area (Å²) in [7, 11) is 0. The Bertz CT molecular complexity index is 682. The highest BCUT2D eigenvalue weighted by Gasteiger charge is 2.14. The number of hydrogen-bond donors (Lipinski definition) is 2. The van der Waals surface area contributed by atoms with Gasteiger partial charge in [0.05, 0.1) is 0 Å². The Hall–Kier alpha value is -2.00. The van der Waals surface area contributed by atoms with Crippen molar-refractivity contribution in [2.24, 2.45) is 0 Å². The number of hydrogen-bond acceptors (Lipinski definition) is 2. The summed E-state index contributed by atoms with van der Waals surface area (Å²) in [6, 6.07) is 11.3. The summed E-state index contributed by atoms with van der Waals surface area (Å²) in [5.74, 6) is -0.119. The molecular weight excluding hydrogens is 272 g/mol. The monoisotopic (exact) mass is 286 g/mol. The number of carbonyl (C=O) groups is 1. The molecule has 2 N–H and O–H groups in total. The zero-order valence-corrected chi connectivity index (χ0v) is 11.9. The lowest BCUT2D eigenvalue weighted by Crippen LogP contribution is -2.13. The molecule has 1 aliphatic rings. The van der Waals surface area contributed by atoms with Crippen molar-refractivity contribution in [1.82, 2.24) is 0 Å². The van der Waals surface area contributed by atoms with E-state index in [1.807, 2.05) is 43.3 Å². The largest absolute Gasteiger partial charge is 0.384 e. The first kappa shape index (κ1) is 13.0. The molecule has 0 atom stereocenters. The van der Waals surface area contributed by atoms with E-state index < -0.39 is 0 Å². The van der Waals surface area contributed by atoms with E-state index in [-0.39, 0.29) is 5.91 Å². The zero-order valence-electron chi connectivity index (χ0n) is 11.2. The van der Waals surface area contributed by atoms with Gasteiger partial charge in [0, 0.05) is 28.5 Å². The molecule has 102 valence electrons. The number of nitrogens with one attached hydrogen (secondary N) is 2. The highest BCUT2D eigenvalue weighted by Crippen LogP contribution is 2.26. The molecule has 0 aromatic heterocycles. The molecule has 0 unspecified atom stereocenters. The quantitative estimate of drug-likeness (QED) is 0.880. The second-order valence-electron chi connectivity index (χ2n) is 4.92. The maximum absolute atomic E-state index is 12.3. The fraction of sp³-hybridized carbons (Fsp3) is 0.188. The first-order chi connectivity index (χ1) is 9.65. The average Bonchev–Trinajstić information content (AvgIpc) is 2.91. The topological polar surface area (TPSA) is 41.1 Å². The van der Waals surface area contributed by atoms with Crippen molar-refractivity contribution in [1.29, 1.82) is 0 Å². The van der Waals surface area contributed by atoms with Crippen molar-refractivity contribution in [3.8, 4) is 0 Å². The second-order valence-corrected chi connectivity index (χ2v) is 5.32. The summed E-state index contributed by atoms with van der Waals surface area (Å²) < 4.78 is 0. The fourth-order valence-electron chi connectivity index (χ4n) is 2.37. The van der Waals surface area contributed by atoms with Gasteiger partial charge in [0.2, 0.25) is 0 Å². The molecule has 0 saturated heterocycles. The van der Waals surface area contributed by atoms with E-state index in [0.717, 1.165) is 29.9 Å². The van der Waals surface area contributed by atoms with Crippen LogP contribution in [0.3, 0.4) is 0 Å². The predicted molar refractivity (Wildman–Crippen MR) is 82.8 cm³/mol. The third-order valence-corrected chi connectivity index (χ3v) is 4.01. The predicted octanol–water partition coefficient (Wildman–Crippen LogP) is 3.87. The molecule has 1 aliphatic heterocycles. The van der Waals surface area contributed by atoms with E-state index >= 15 is 0 Å². The Morgan fingerprint density at radius 3 is 3.00 bits per heavy atom.